The molecule has 0 aliphatic heterocycles. The standard InChI is InChI=1S/C12H12BrN3/c1-8-5-6-11(9(2)15-8)16-12-10(13)4-3-7-14-12/h3-7H,1-2H3,(H,14,16). The van der Waals surface area contributed by atoms with Crippen molar-refractivity contribution in [2.75, 3.05) is 5.32 Å². The van der Waals surface area contributed by atoms with Crippen molar-refractivity contribution in [3.05, 3.63) is 46.3 Å². The van der Waals surface area contributed by atoms with E-state index in [1.54, 1.807) is 6.20 Å². The molecule has 0 radical (unpaired) electrons. The number of hydrogen-bond donors (Lipinski definition) is 1. The van der Waals surface area contributed by atoms with Crippen molar-refractivity contribution in [3.8, 4) is 0 Å². The molecule has 0 aliphatic carbocycles. The summed E-state index contributed by atoms with van der Waals surface area (Å²) in [5.41, 5.74) is 2.96. The zero-order chi connectivity index (χ0) is 11.5. The maximum Gasteiger partial charge on any atom is 0.144 e. The first-order chi connectivity index (χ1) is 7.66. The highest BCUT2D eigenvalue weighted by Gasteiger charge is 2.03. The van der Waals surface area contributed by atoms with Gasteiger partial charge in [-0.25, -0.2) is 4.98 Å². The fraction of sp³-hybridized carbons (Fsp3) is 0.167. The number of aryl methyl sites for hydroxylation is 2. The van der Waals surface area contributed by atoms with Gasteiger partial charge in [0.25, 0.3) is 0 Å². The number of hydrogen-bond acceptors (Lipinski definition) is 3. The number of rotatable bonds is 2. The molecule has 0 saturated heterocycles. The average molecular weight is 278 g/mol. The number of aromatic nitrogens is 2. The average Bonchev–Trinajstić information content (AvgIpc) is 2.25. The van der Waals surface area contributed by atoms with Crippen molar-refractivity contribution in [1.82, 2.24) is 9.97 Å². The minimum Gasteiger partial charge on any atom is -0.338 e. The number of halogens is 1. The first kappa shape index (κ1) is 11.1. The molecule has 0 atom stereocenters. The monoisotopic (exact) mass is 277 g/mol. The Labute approximate surface area is 103 Å². The quantitative estimate of drug-likeness (QED) is 0.912. The van der Waals surface area contributed by atoms with Gasteiger partial charge >= 0.3 is 0 Å². The van der Waals surface area contributed by atoms with Crippen LogP contribution in [0.4, 0.5) is 11.5 Å². The van der Waals surface area contributed by atoms with Crippen molar-refractivity contribution in [2.24, 2.45) is 0 Å². The van der Waals surface area contributed by atoms with E-state index in [0.717, 1.165) is 27.4 Å². The minimum absolute atomic E-state index is 0.802. The van der Waals surface area contributed by atoms with Crippen molar-refractivity contribution >= 4 is 27.4 Å². The maximum atomic E-state index is 4.39. The van der Waals surface area contributed by atoms with Gasteiger partial charge in [0, 0.05) is 11.9 Å². The number of nitrogens with zero attached hydrogens (tertiary/aromatic N) is 2. The zero-order valence-electron chi connectivity index (χ0n) is 9.16. The second-order valence-electron chi connectivity index (χ2n) is 3.54. The normalized spacial score (nSPS) is 10.2. The van der Waals surface area contributed by atoms with Gasteiger partial charge in [0.15, 0.2) is 0 Å². The van der Waals surface area contributed by atoms with Gasteiger partial charge in [-0.1, -0.05) is 0 Å². The molecule has 0 unspecified atom stereocenters. The van der Waals surface area contributed by atoms with Gasteiger partial charge in [-0.05, 0) is 54.0 Å². The zero-order valence-corrected chi connectivity index (χ0v) is 10.7. The molecule has 0 spiro atoms. The topological polar surface area (TPSA) is 37.8 Å². The van der Waals surface area contributed by atoms with Crippen LogP contribution >= 0.6 is 15.9 Å². The summed E-state index contributed by atoms with van der Waals surface area (Å²) in [5.74, 6) is 0.802. The molecule has 0 fully saturated rings. The molecule has 82 valence electrons. The summed E-state index contributed by atoms with van der Waals surface area (Å²) in [6.45, 7) is 3.96. The van der Waals surface area contributed by atoms with E-state index in [0.29, 0.717) is 0 Å². The molecule has 2 heterocycles. The van der Waals surface area contributed by atoms with E-state index < -0.39 is 0 Å². The van der Waals surface area contributed by atoms with Crippen LogP contribution in [0.3, 0.4) is 0 Å². The molecule has 3 nitrogen and oxygen atoms in total. The summed E-state index contributed by atoms with van der Waals surface area (Å²) in [6, 6.07) is 7.83. The predicted molar refractivity (Wildman–Crippen MR) is 68.9 cm³/mol. The summed E-state index contributed by atoms with van der Waals surface area (Å²) in [5, 5.41) is 3.25. The van der Waals surface area contributed by atoms with Crippen LogP contribution in [0.5, 0.6) is 0 Å². The van der Waals surface area contributed by atoms with Gasteiger partial charge in [0.05, 0.1) is 15.9 Å². The summed E-state index contributed by atoms with van der Waals surface area (Å²) < 4.78 is 0.940. The molecule has 0 bridgehead atoms. The van der Waals surface area contributed by atoms with Crippen LogP contribution in [0, 0.1) is 13.8 Å². The fourth-order valence-corrected chi connectivity index (χ4v) is 1.78. The Bertz CT molecular complexity index is 511. The molecule has 0 aliphatic rings. The van der Waals surface area contributed by atoms with Gasteiger partial charge in [-0.3, -0.25) is 4.98 Å². The Kier molecular flexibility index (Phi) is 3.19. The lowest BCUT2D eigenvalue weighted by Crippen LogP contribution is -1.98. The van der Waals surface area contributed by atoms with Gasteiger partial charge < -0.3 is 5.32 Å². The summed E-state index contributed by atoms with van der Waals surface area (Å²) >= 11 is 3.45. The fourth-order valence-electron chi connectivity index (χ4n) is 1.42. The molecule has 2 aromatic rings. The third-order valence-corrected chi connectivity index (χ3v) is 2.88. The SMILES string of the molecule is Cc1ccc(Nc2ncccc2Br)c(C)n1. The lowest BCUT2D eigenvalue weighted by Gasteiger charge is -2.09. The van der Waals surface area contributed by atoms with Crippen LogP contribution in [0.15, 0.2) is 34.9 Å². The lowest BCUT2D eigenvalue weighted by molar-refractivity contribution is 1.12. The molecular weight excluding hydrogens is 266 g/mol. The number of pyridine rings is 2. The van der Waals surface area contributed by atoms with E-state index in [1.807, 2.05) is 38.1 Å². The van der Waals surface area contributed by atoms with Crippen LogP contribution in [0.25, 0.3) is 0 Å². The summed E-state index contributed by atoms with van der Waals surface area (Å²) in [7, 11) is 0. The molecule has 2 aromatic heterocycles. The molecule has 2 rings (SSSR count). The Morgan fingerprint density at radius 1 is 1.19 bits per heavy atom. The third kappa shape index (κ3) is 2.39. The van der Waals surface area contributed by atoms with Gasteiger partial charge in [-0.15, -0.1) is 0 Å². The van der Waals surface area contributed by atoms with Crippen LogP contribution in [0.2, 0.25) is 0 Å². The Morgan fingerprint density at radius 2 is 2.00 bits per heavy atom. The minimum atomic E-state index is 0.802. The third-order valence-electron chi connectivity index (χ3n) is 2.24. The van der Waals surface area contributed by atoms with Crippen molar-refractivity contribution in [3.63, 3.8) is 0 Å². The summed E-state index contributed by atoms with van der Waals surface area (Å²) in [4.78, 5) is 8.65. The smallest absolute Gasteiger partial charge is 0.144 e. The molecule has 4 heteroatoms. The van der Waals surface area contributed by atoms with Gasteiger partial charge in [0.2, 0.25) is 0 Å². The second-order valence-corrected chi connectivity index (χ2v) is 4.40. The van der Waals surface area contributed by atoms with E-state index in [2.05, 4.69) is 31.2 Å². The molecule has 0 aromatic carbocycles. The molecule has 16 heavy (non-hydrogen) atoms. The Balaban J connectivity index is 2.31. The number of anilines is 2. The van der Waals surface area contributed by atoms with Crippen LogP contribution in [0.1, 0.15) is 11.4 Å². The Hall–Kier alpha value is -1.42. The highest BCUT2D eigenvalue weighted by molar-refractivity contribution is 9.10. The van der Waals surface area contributed by atoms with Crippen molar-refractivity contribution in [1.29, 1.82) is 0 Å². The van der Waals surface area contributed by atoms with E-state index in [9.17, 15) is 0 Å². The Morgan fingerprint density at radius 3 is 2.69 bits per heavy atom. The van der Waals surface area contributed by atoms with Crippen LogP contribution in [-0.4, -0.2) is 9.97 Å². The van der Waals surface area contributed by atoms with E-state index in [4.69, 9.17) is 0 Å². The van der Waals surface area contributed by atoms with Crippen LogP contribution in [-0.2, 0) is 0 Å². The van der Waals surface area contributed by atoms with E-state index in [-0.39, 0.29) is 0 Å². The first-order valence-corrected chi connectivity index (χ1v) is 5.78. The van der Waals surface area contributed by atoms with Gasteiger partial charge in [0.1, 0.15) is 5.82 Å². The lowest BCUT2D eigenvalue weighted by atomic mass is 10.2. The molecule has 0 saturated carbocycles. The summed E-state index contributed by atoms with van der Waals surface area (Å²) in [6.07, 6.45) is 1.75. The molecular formula is C12H12BrN3. The maximum absolute atomic E-state index is 4.39. The molecule has 0 amide bonds. The van der Waals surface area contributed by atoms with E-state index >= 15 is 0 Å². The first-order valence-electron chi connectivity index (χ1n) is 4.98. The largest absolute Gasteiger partial charge is 0.338 e. The predicted octanol–water partition coefficient (Wildman–Crippen LogP) is 3.60. The number of nitrogens with one attached hydrogen (secondary N) is 1. The van der Waals surface area contributed by atoms with Crippen LogP contribution < -0.4 is 5.32 Å². The highest BCUT2D eigenvalue weighted by Crippen LogP contribution is 2.24. The molecule has 1 N–H and O–H groups in total. The highest BCUT2D eigenvalue weighted by atomic mass is 79.9. The van der Waals surface area contributed by atoms with Crippen molar-refractivity contribution in [2.45, 2.75) is 13.8 Å². The van der Waals surface area contributed by atoms with E-state index in [1.165, 1.54) is 0 Å². The van der Waals surface area contributed by atoms with Crippen molar-refractivity contribution < 1.29 is 0 Å². The second kappa shape index (κ2) is 4.61. The van der Waals surface area contributed by atoms with Gasteiger partial charge in [-0.2, -0.15) is 0 Å².